The molecule has 0 amide bonds. The first kappa shape index (κ1) is 20.5. The minimum atomic E-state index is -0.637. The molecular formula is C23H20FN3O4. The lowest BCUT2D eigenvalue weighted by Gasteiger charge is -2.16. The number of halogens is 1. The number of benzene rings is 2. The van der Waals surface area contributed by atoms with Crippen LogP contribution >= 0.6 is 0 Å². The number of hydrogen-bond acceptors (Lipinski definition) is 7. The standard InChI is InChI=1S/C23H20FN3O4/c24-16-8-19-20(26-10-16)6-7-21(30-12-17(25)9-18-13-29-14-27-18)22(19)23(28)31-11-15-4-2-1-3-5-15/h1-8,10,13-14,17H,9,11-12,25H2/t17-/m1/s1. The first-order valence-corrected chi connectivity index (χ1v) is 9.65. The predicted molar refractivity (Wildman–Crippen MR) is 111 cm³/mol. The number of pyridine rings is 1. The van der Waals surface area contributed by atoms with Gasteiger partial charge in [-0.2, -0.15) is 0 Å². The monoisotopic (exact) mass is 421 g/mol. The van der Waals surface area contributed by atoms with E-state index in [-0.39, 0.29) is 30.6 Å². The first-order valence-electron chi connectivity index (χ1n) is 9.65. The van der Waals surface area contributed by atoms with Gasteiger partial charge in [-0.1, -0.05) is 30.3 Å². The van der Waals surface area contributed by atoms with Crippen LogP contribution in [0.2, 0.25) is 0 Å². The Bertz CT molecular complexity index is 1170. The summed E-state index contributed by atoms with van der Waals surface area (Å²) in [5, 5.41) is 0.306. The second kappa shape index (κ2) is 9.36. The van der Waals surface area contributed by atoms with Crippen molar-refractivity contribution < 1.29 is 23.1 Å². The molecule has 0 spiro atoms. The lowest BCUT2D eigenvalue weighted by molar-refractivity contribution is 0.0470. The molecule has 1 atom stereocenters. The fourth-order valence-corrected chi connectivity index (χ4v) is 3.14. The van der Waals surface area contributed by atoms with Crippen molar-refractivity contribution >= 4 is 16.9 Å². The summed E-state index contributed by atoms with van der Waals surface area (Å²) in [6.07, 6.45) is 4.37. The minimum Gasteiger partial charge on any atom is -0.491 e. The van der Waals surface area contributed by atoms with Crippen molar-refractivity contribution in [3.63, 3.8) is 0 Å². The lowest BCUT2D eigenvalue weighted by atomic mass is 10.1. The molecular weight excluding hydrogens is 401 g/mol. The van der Waals surface area contributed by atoms with E-state index in [0.29, 0.717) is 23.0 Å². The lowest BCUT2D eigenvalue weighted by Crippen LogP contribution is -2.30. The molecule has 4 rings (SSSR count). The largest absolute Gasteiger partial charge is 0.491 e. The van der Waals surface area contributed by atoms with Crippen LogP contribution in [0, 0.1) is 5.82 Å². The molecule has 4 aromatic rings. The van der Waals surface area contributed by atoms with E-state index in [4.69, 9.17) is 19.6 Å². The molecule has 0 saturated carbocycles. The van der Waals surface area contributed by atoms with Crippen LogP contribution in [0.4, 0.5) is 4.39 Å². The van der Waals surface area contributed by atoms with Gasteiger partial charge in [0.15, 0.2) is 6.39 Å². The maximum absolute atomic E-state index is 13.9. The van der Waals surface area contributed by atoms with E-state index in [9.17, 15) is 9.18 Å². The fourth-order valence-electron chi connectivity index (χ4n) is 3.14. The van der Waals surface area contributed by atoms with Crippen molar-refractivity contribution in [3.05, 3.63) is 90.0 Å². The van der Waals surface area contributed by atoms with E-state index in [0.717, 1.165) is 11.8 Å². The van der Waals surface area contributed by atoms with Gasteiger partial charge in [-0.05, 0) is 23.8 Å². The Morgan fingerprint density at radius 2 is 2.00 bits per heavy atom. The number of oxazole rings is 1. The topological polar surface area (TPSA) is 100 Å². The van der Waals surface area contributed by atoms with E-state index in [1.165, 1.54) is 18.7 Å². The highest BCUT2D eigenvalue weighted by atomic mass is 19.1. The van der Waals surface area contributed by atoms with E-state index in [1.54, 1.807) is 12.1 Å². The molecule has 31 heavy (non-hydrogen) atoms. The van der Waals surface area contributed by atoms with Gasteiger partial charge in [-0.3, -0.25) is 4.98 Å². The molecule has 0 aliphatic heterocycles. The Morgan fingerprint density at radius 1 is 1.16 bits per heavy atom. The molecule has 0 unspecified atom stereocenters. The molecule has 8 heteroatoms. The summed E-state index contributed by atoms with van der Waals surface area (Å²) < 4.78 is 30.1. The SMILES string of the molecule is N[C@@H](COc1ccc2ncc(F)cc2c1C(=O)OCc1ccccc1)Cc1cocn1. The van der Waals surface area contributed by atoms with Crippen LogP contribution in [0.1, 0.15) is 21.6 Å². The second-order valence-electron chi connectivity index (χ2n) is 6.98. The van der Waals surface area contributed by atoms with Crippen LogP contribution in [0.5, 0.6) is 5.75 Å². The molecule has 2 aromatic carbocycles. The van der Waals surface area contributed by atoms with Crippen molar-refractivity contribution in [2.24, 2.45) is 5.73 Å². The molecule has 0 aliphatic rings. The molecule has 2 N–H and O–H groups in total. The van der Waals surface area contributed by atoms with Gasteiger partial charge in [0, 0.05) is 17.8 Å². The number of nitrogens with two attached hydrogens (primary N) is 1. The number of hydrogen-bond donors (Lipinski definition) is 1. The number of carbonyl (C=O) groups excluding carboxylic acids is 1. The molecule has 0 aliphatic carbocycles. The number of aromatic nitrogens is 2. The quantitative estimate of drug-likeness (QED) is 0.433. The van der Waals surface area contributed by atoms with Gasteiger partial charge in [0.05, 0.1) is 17.4 Å². The van der Waals surface area contributed by atoms with E-state index in [1.807, 2.05) is 30.3 Å². The number of esters is 1. The van der Waals surface area contributed by atoms with Crippen LogP contribution in [0.3, 0.4) is 0 Å². The van der Waals surface area contributed by atoms with Crippen molar-refractivity contribution in [2.75, 3.05) is 6.61 Å². The minimum absolute atomic E-state index is 0.0733. The summed E-state index contributed by atoms with van der Waals surface area (Å²) >= 11 is 0. The van der Waals surface area contributed by atoms with Gasteiger partial charge in [0.25, 0.3) is 0 Å². The Labute approximate surface area is 177 Å². The van der Waals surface area contributed by atoms with Crippen LogP contribution in [0.25, 0.3) is 10.9 Å². The van der Waals surface area contributed by atoms with E-state index in [2.05, 4.69) is 9.97 Å². The molecule has 7 nitrogen and oxygen atoms in total. The number of carbonyl (C=O) groups is 1. The summed E-state index contributed by atoms with van der Waals surface area (Å²) in [5.74, 6) is -0.958. The zero-order chi connectivity index (χ0) is 21.6. The van der Waals surface area contributed by atoms with Crippen molar-refractivity contribution in [2.45, 2.75) is 19.1 Å². The maximum Gasteiger partial charge on any atom is 0.342 e. The van der Waals surface area contributed by atoms with Crippen LogP contribution in [0.15, 0.2) is 71.8 Å². The molecule has 0 saturated heterocycles. The van der Waals surface area contributed by atoms with E-state index < -0.39 is 11.8 Å². The zero-order valence-electron chi connectivity index (χ0n) is 16.5. The molecule has 2 heterocycles. The van der Waals surface area contributed by atoms with Gasteiger partial charge in [-0.25, -0.2) is 14.2 Å². The highest BCUT2D eigenvalue weighted by Crippen LogP contribution is 2.29. The Morgan fingerprint density at radius 3 is 2.77 bits per heavy atom. The smallest absolute Gasteiger partial charge is 0.342 e. The summed E-state index contributed by atoms with van der Waals surface area (Å²) in [5.41, 5.74) is 8.20. The first-order chi connectivity index (χ1) is 15.1. The van der Waals surface area contributed by atoms with Crippen LogP contribution in [-0.2, 0) is 17.8 Å². The predicted octanol–water partition coefficient (Wildman–Crippen LogP) is 3.67. The molecule has 2 aromatic heterocycles. The van der Waals surface area contributed by atoms with Gasteiger partial charge in [0.2, 0.25) is 0 Å². The van der Waals surface area contributed by atoms with Crippen molar-refractivity contribution in [1.29, 1.82) is 0 Å². The number of ether oxygens (including phenoxy) is 2. The molecule has 0 bridgehead atoms. The molecule has 158 valence electrons. The Balaban J connectivity index is 1.57. The normalized spacial score (nSPS) is 11.9. The maximum atomic E-state index is 13.9. The third-order valence-corrected chi connectivity index (χ3v) is 4.62. The van der Waals surface area contributed by atoms with Crippen LogP contribution in [-0.4, -0.2) is 28.6 Å². The summed E-state index contributed by atoms with van der Waals surface area (Å²) in [4.78, 5) is 21.0. The Kier molecular flexibility index (Phi) is 6.18. The highest BCUT2D eigenvalue weighted by molar-refractivity contribution is 6.06. The number of fused-ring (bicyclic) bond motifs is 1. The zero-order valence-corrected chi connectivity index (χ0v) is 16.5. The summed E-state index contributed by atoms with van der Waals surface area (Å²) in [6.45, 7) is 0.185. The average molecular weight is 421 g/mol. The average Bonchev–Trinajstić information content (AvgIpc) is 3.29. The number of rotatable bonds is 8. The van der Waals surface area contributed by atoms with Gasteiger partial charge < -0.3 is 19.6 Å². The van der Waals surface area contributed by atoms with Crippen molar-refractivity contribution in [1.82, 2.24) is 9.97 Å². The van der Waals surface area contributed by atoms with Gasteiger partial charge in [0.1, 0.15) is 36.6 Å². The summed E-state index contributed by atoms with van der Waals surface area (Å²) in [6, 6.07) is 13.4. The number of nitrogens with zero attached hydrogens (tertiary/aromatic N) is 2. The summed E-state index contributed by atoms with van der Waals surface area (Å²) in [7, 11) is 0. The highest BCUT2D eigenvalue weighted by Gasteiger charge is 2.20. The molecule has 0 radical (unpaired) electrons. The molecule has 0 fully saturated rings. The van der Waals surface area contributed by atoms with Crippen molar-refractivity contribution in [3.8, 4) is 5.75 Å². The Hall–Kier alpha value is -3.78. The third kappa shape index (κ3) is 5.04. The second-order valence-corrected chi connectivity index (χ2v) is 6.98. The van der Waals surface area contributed by atoms with Crippen LogP contribution < -0.4 is 10.5 Å². The van der Waals surface area contributed by atoms with Gasteiger partial charge in [-0.15, -0.1) is 0 Å². The fraction of sp³-hybridized carbons (Fsp3) is 0.174. The van der Waals surface area contributed by atoms with Gasteiger partial charge >= 0.3 is 5.97 Å². The van der Waals surface area contributed by atoms with E-state index >= 15 is 0 Å². The third-order valence-electron chi connectivity index (χ3n) is 4.62.